The van der Waals surface area contributed by atoms with Gasteiger partial charge in [0, 0.05) is 26.3 Å². The Kier molecular flexibility index (Phi) is 3.70. The third-order valence-corrected chi connectivity index (χ3v) is 6.20. The minimum Gasteiger partial charge on any atom is -0.342 e. The number of rotatable bonds is 1. The number of benzene rings is 1. The standard InChI is InChI=1S/C18H20IN3O/c1-21-16(23)15(19)12-20-17(21)22-8-6-18(7-9-22)10-13-4-2-3-5-14(13)11-18/h2-5,12H,6-11H2,1H3. The van der Waals surface area contributed by atoms with Crippen molar-refractivity contribution >= 4 is 28.5 Å². The topological polar surface area (TPSA) is 38.1 Å². The Labute approximate surface area is 149 Å². The molecule has 1 aliphatic heterocycles. The van der Waals surface area contributed by atoms with Gasteiger partial charge in [-0.25, -0.2) is 4.98 Å². The van der Waals surface area contributed by atoms with Crippen LogP contribution >= 0.6 is 22.6 Å². The zero-order valence-electron chi connectivity index (χ0n) is 13.3. The number of halogens is 1. The first-order valence-corrected chi connectivity index (χ1v) is 9.19. The van der Waals surface area contributed by atoms with Crippen LogP contribution in [0.15, 0.2) is 35.3 Å². The largest absolute Gasteiger partial charge is 0.342 e. The van der Waals surface area contributed by atoms with Crippen LogP contribution < -0.4 is 10.5 Å². The fraction of sp³-hybridized carbons (Fsp3) is 0.444. The summed E-state index contributed by atoms with van der Waals surface area (Å²) < 4.78 is 2.36. The molecular weight excluding hydrogens is 401 g/mol. The van der Waals surface area contributed by atoms with Gasteiger partial charge in [0.2, 0.25) is 5.95 Å². The predicted octanol–water partition coefficient (Wildman–Crippen LogP) is 2.77. The minimum atomic E-state index is 0.0455. The van der Waals surface area contributed by atoms with Crippen LogP contribution in [-0.2, 0) is 19.9 Å². The highest BCUT2D eigenvalue weighted by atomic mass is 127. The number of anilines is 1. The SMILES string of the molecule is Cn1c(N2CCC3(CC2)Cc2ccccc2C3)ncc(I)c1=O. The van der Waals surface area contributed by atoms with Gasteiger partial charge < -0.3 is 4.90 Å². The Balaban J connectivity index is 1.53. The van der Waals surface area contributed by atoms with E-state index in [9.17, 15) is 4.79 Å². The molecule has 5 heteroatoms. The van der Waals surface area contributed by atoms with Crippen molar-refractivity contribution < 1.29 is 0 Å². The van der Waals surface area contributed by atoms with Crippen LogP contribution in [-0.4, -0.2) is 22.6 Å². The predicted molar refractivity (Wildman–Crippen MR) is 99.9 cm³/mol. The molecule has 0 N–H and O–H groups in total. The van der Waals surface area contributed by atoms with E-state index in [1.165, 1.54) is 36.8 Å². The zero-order chi connectivity index (χ0) is 16.0. The highest BCUT2D eigenvalue weighted by Crippen LogP contribution is 2.44. The van der Waals surface area contributed by atoms with Gasteiger partial charge in [-0.15, -0.1) is 0 Å². The molecule has 4 nitrogen and oxygen atoms in total. The Morgan fingerprint density at radius 3 is 2.35 bits per heavy atom. The first-order valence-electron chi connectivity index (χ1n) is 8.11. The summed E-state index contributed by atoms with van der Waals surface area (Å²) in [4.78, 5) is 18.9. The normalized spacial score (nSPS) is 19.1. The van der Waals surface area contributed by atoms with Gasteiger partial charge in [-0.05, 0) is 64.8 Å². The first-order chi connectivity index (χ1) is 11.1. The van der Waals surface area contributed by atoms with E-state index in [-0.39, 0.29) is 5.56 Å². The van der Waals surface area contributed by atoms with E-state index in [1.807, 2.05) is 29.6 Å². The molecule has 1 aliphatic carbocycles. The van der Waals surface area contributed by atoms with Gasteiger partial charge in [0.05, 0.1) is 3.57 Å². The fourth-order valence-corrected chi connectivity index (χ4v) is 4.61. The van der Waals surface area contributed by atoms with Crippen molar-refractivity contribution in [1.82, 2.24) is 9.55 Å². The maximum absolute atomic E-state index is 12.1. The van der Waals surface area contributed by atoms with E-state index in [4.69, 9.17) is 0 Å². The molecule has 2 aromatic rings. The zero-order valence-corrected chi connectivity index (χ0v) is 15.4. The Morgan fingerprint density at radius 1 is 1.13 bits per heavy atom. The van der Waals surface area contributed by atoms with E-state index < -0.39 is 0 Å². The molecule has 0 radical (unpaired) electrons. The third-order valence-electron chi connectivity index (χ3n) is 5.46. The summed E-state index contributed by atoms with van der Waals surface area (Å²) in [7, 11) is 1.82. The van der Waals surface area contributed by atoms with E-state index in [2.05, 4.69) is 34.1 Å². The molecule has 4 rings (SSSR count). The lowest BCUT2D eigenvalue weighted by Gasteiger charge is -2.40. The molecule has 1 aromatic carbocycles. The summed E-state index contributed by atoms with van der Waals surface area (Å²) in [6.07, 6.45) is 6.44. The van der Waals surface area contributed by atoms with Crippen LogP contribution in [0.3, 0.4) is 0 Å². The summed E-state index contributed by atoms with van der Waals surface area (Å²) in [5.41, 5.74) is 3.52. The van der Waals surface area contributed by atoms with E-state index in [0.29, 0.717) is 8.99 Å². The van der Waals surface area contributed by atoms with Crippen LogP contribution in [0.25, 0.3) is 0 Å². The van der Waals surface area contributed by atoms with Crippen molar-refractivity contribution in [2.45, 2.75) is 25.7 Å². The third kappa shape index (κ3) is 2.58. The summed E-state index contributed by atoms with van der Waals surface area (Å²) >= 11 is 2.05. The van der Waals surface area contributed by atoms with Crippen LogP contribution in [0.1, 0.15) is 24.0 Å². The molecule has 0 atom stereocenters. The van der Waals surface area contributed by atoms with Crippen LogP contribution in [0.4, 0.5) is 5.95 Å². The highest BCUT2D eigenvalue weighted by Gasteiger charge is 2.40. The maximum atomic E-state index is 12.1. The number of nitrogens with zero attached hydrogens (tertiary/aromatic N) is 3. The summed E-state index contributed by atoms with van der Waals surface area (Å²) in [5.74, 6) is 0.806. The molecule has 0 amide bonds. The number of hydrogen-bond acceptors (Lipinski definition) is 3. The van der Waals surface area contributed by atoms with Gasteiger partial charge in [-0.1, -0.05) is 24.3 Å². The van der Waals surface area contributed by atoms with Gasteiger partial charge in [0.25, 0.3) is 5.56 Å². The smallest absolute Gasteiger partial charge is 0.268 e. The molecule has 1 fully saturated rings. The lowest BCUT2D eigenvalue weighted by atomic mass is 9.76. The second-order valence-electron chi connectivity index (χ2n) is 6.88. The van der Waals surface area contributed by atoms with Crippen molar-refractivity contribution in [2.24, 2.45) is 12.5 Å². The van der Waals surface area contributed by atoms with E-state index >= 15 is 0 Å². The van der Waals surface area contributed by atoms with Crippen molar-refractivity contribution in [3.8, 4) is 0 Å². The van der Waals surface area contributed by atoms with Crippen molar-refractivity contribution in [3.63, 3.8) is 0 Å². The van der Waals surface area contributed by atoms with Crippen LogP contribution in [0, 0.1) is 8.99 Å². The molecule has 2 aliphatic rings. The summed E-state index contributed by atoms with van der Waals surface area (Å²) in [5, 5.41) is 0. The summed E-state index contributed by atoms with van der Waals surface area (Å²) in [6.45, 7) is 1.96. The number of hydrogen-bond donors (Lipinski definition) is 0. The van der Waals surface area contributed by atoms with Crippen molar-refractivity contribution in [3.05, 3.63) is 55.5 Å². The highest BCUT2D eigenvalue weighted by molar-refractivity contribution is 14.1. The van der Waals surface area contributed by atoms with Crippen LogP contribution in [0.2, 0.25) is 0 Å². The molecule has 0 unspecified atom stereocenters. The second-order valence-corrected chi connectivity index (χ2v) is 8.04. The van der Waals surface area contributed by atoms with E-state index in [1.54, 1.807) is 10.8 Å². The average Bonchev–Trinajstić information content (AvgIpc) is 2.92. The molecule has 1 saturated heterocycles. The lowest BCUT2D eigenvalue weighted by molar-refractivity contribution is 0.231. The number of aromatic nitrogens is 2. The minimum absolute atomic E-state index is 0.0455. The average molecular weight is 421 g/mol. The quantitative estimate of drug-likeness (QED) is 0.665. The molecule has 0 bridgehead atoms. The van der Waals surface area contributed by atoms with Crippen molar-refractivity contribution in [2.75, 3.05) is 18.0 Å². The maximum Gasteiger partial charge on any atom is 0.268 e. The monoisotopic (exact) mass is 421 g/mol. The van der Waals surface area contributed by atoms with Gasteiger partial charge in [-0.3, -0.25) is 9.36 Å². The Bertz CT molecular complexity index is 779. The Morgan fingerprint density at radius 2 is 1.74 bits per heavy atom. The molecule has 1 spiro atoms. The van der Waals surface area contributed by atoms with Crippen LogP contribution in [0.5, 0.6) is 0 Å². The van der Waals surface area contributed by atoms with Gasteiger partial charge in [-0.2, -0.15) is 0 Å². The number of fused-ring (bicyclic) bond motifs is 1. The first kappa shape index (κ1) is 15.2. The Hall–Kier alpha value is -1.37. The van der Waals surface area contributed by atoms with Gasteiger partial charge >= 0.3 is 0 Å². The molecular formula is C18H20IN3O. The van der Waals surface area contributed by atoms with E-state index in [0.717, 1.165) is 19.0 Å². The molecule has 2 heterocycles. The molecule has 0 saturated carbocycles. The lowest BCUT2D eigenvalue weighted by Crippen LogP contribution is -2.43. The molecule has 1 aromatic heterocycles. The van der Waals surface area contributed by atoms with Crippen molar-refractivity contribution in [1.29, 1.82) is 0 Å². The fourth-order valence-electron chi connectivity index (χ4n) is 4.11. The van der Waals surface area contributed by atoms with Gasteiger partial charge in [0.1, 0.15) is 0 Å². The van der Waals surface area contributed by atoms with Gasteiger partial charge in [0.15, 0.2) is 0 Å². The number of piperidine rings is 1. The second kappa shape index (κ2) is 5.61. The summed E-state index contributed by atoms with van der Waals surface area (Å²) in [6, 6.07) is 8.86. The molecule has 23 heavy (non-hydrogen) atoms. The molecule has 120 valence electrons.